The smallest absolute Gasteiger partial charge is 0.309 e. The van der Waals surface area contributed by atoms with Crippen molar-refractivity contribution < 1.29 is 14.6 Å². The summed E-state index contributed by atoms with van der Waals surface area (Å²) in [6.45, 7) is 0. The first-order valence-electron chi connectivity index (χ1n) is 6.68. The Morgan fingerprint density at radius 3 is 2.52 bits per heavy atom. The molecular formula is C16H12ClNO3S2. The van der Waals surface area contributed by atoms with Crippen molar-refractivity contribution in [2.75, 3.05) is 7.11 Å². The summed E-state index contributed by atoms with van der Waals surface area (Å²) in [4.78, 5) is 17.4. The number of methoxy groups -OCH3 is 1. The highest BCUT2D eigenvalue weighted by molar-refractivity contribution is 7.25. The second kappa shape index (κ2) is 6.70. The van der Waals surface area contributed by atoms with Gasteiger partial charge >= 0.3 is 5.97 Å². The van der Waals surface area contributed by atoms with Gasteiger partial charge in [0.05, 0.1) is 28.4 Å². The zero-order valence-electron chi connectivity index (χ0n) is 12.1. The first-order chi connectivity index (χ1) is 11.1. The molecule has 7 heteroatoms. The number of halogens is 1. The number of carboxylic acid groups (broad SMARTS) is 1. The normalized spacial score (nSPS) is 10.7. The molecule has 0 unspecified atom stereocenters. The predicted octanol–water partition coefficient (Wildman–Crippen LogP) is 4.83. The van der Waals surface area contributed by atoms with E-state index in [9.17, 15) is 4.79 Å². The zero-order valence-corrected chi connectivity index (χ0v) is 14.5. The van der Waals surface area contributed by atoms with Crippen LogP contribution in [0, 0.1) is 0 Å². The maximum Gasteiger partial charge on any atom is 0.309 e. The van der Waals surface area contributed by atoms with Crippen LogP contribution < -0.4 is 4.74 Å². The molecule has 118 valence electrons. The minimum atomic E-state index is -0.902. The first kappa shape index (κ1) is 16.0. The molecule has 4 nitrogen and oxygen atoms in total. The van der Waals surface area contributed by atoms with Crippen molar-refractivity contribution in [1.82, 2.24) is 4.98 Å². The third-order valence-electron chi connectivity index (χ3n) is 3.15. The largest absolute Gasteiger partial charge is 0.497 e. The monoisotopic (exact) mass is 365 g/mol. The summed E-state index contributed by atoms with van der Waals surface area (Å²) in [5.74, 6) is -0.137. The van der Waals surface area contributed by atoms with Crippen molar-refractivity contribution in [2.24, 2.45) is 0 Å². The summed E-state index contributed by atoms with van der Waals surface area (Å²) in [7, 11) is 1.61. The van der Waals surface area contributed by atoms with E-state index in [1.807, 2.05) is 30.3 Å². The van der Waals surface area contributed by atoms with E-state index in [0.717, 1.165) is 26.1 Å². The molecule has 0 saturated carbocycles. The zero-order chi connectivity index (χ0) is 16.4. The summed E-state index contributed by atoms with van der Waals surface area (Å²) in [5.41, 5.74) is 1.49. The number of hydrogen-bond acceptors (Lipinski definition) is 5. The van der Waals surface area contributed by atoms with E-state index in [-0.39, 0.29) is 6.42 Å². The number of aliphatic carboxylic acids is 1. The minimum Gasteiger partial charge on any atom is -0.497 e. The fraction of sp³-hybridized carbons (Fsp3) is 0.125. The van der Waals surface area contributed by atoms with Gasteiger partial charge in [-0.3, -0.25) is 4.79 Å². The fourth-order valence-electron chi connectivity index (χ4n) is 2.10. The summed E-state index contributed by atoms with van der Waals surface area (Å²) in [6.07, 6.45) is -0.114. The molecule has 0 aliphatic rings. The van der Waals surface area contributed by atoms with Crippen LogP contribution in [-0.4, -0.2) is 23.2 Å². The number of thiazole rings is 1. The van der Waals surface area contributed by atoms with Crippen LogP contribution in [0.25, 0.3) is 20.3 Å². The third-order valence-corrected chi connectivity index (χ3v) is 5.71. The summed E-state index contributed by atoms with van der Waals surface area (Å²) >= 11 is 8.89. The second-order valence-electron chi connectivity index (χ2n) is 4.70. The maximum absolute atomic E-state index is 11.1. The van der Waals surface area contributed by atoms with Gasteiger partial charge < -0.3 is 9.84 Å². The van der Waals surface area contributed by atoms with Gasteiger partial charge in [0.1, 0.15) is 10.8 Å². The molecule has 2 aromatic heterocycles. The van der Waals surface area contributed by atoms with Crippen LogP contribution in [0.1, 0.15) is 5.69 Å². The lowest BCUT2D eigenvalue weighted by Gasteiger charge is -2.00. The highest BCUT2D eigenvalue weighted by atomic mass is 35.5. The Kier molecular flexibility index (Phi) is 4.66. The van der Waals surface area contributed by atoms with Gasteiger partial charge in [0.25, 0.3) is 0 Å². The van der Waals surface area contributed by atoms with Gasteiger partial charge in [0.2, 0.25) is 0 Å². The number of thiophene rings is 1. The standard InChI is InChI=1S/C16H12ClNO3S2/c1-21-10-4-2-9(3-5-10)16-18-11(8-14(19)20)15(23-16)12-6-7-13(17)22-12/h2-7H,8H2,1H3,(H,19,20). The van der Waals surface area contributed by atoms with E-state index in [2.05, 4.69) is 4.98 Å². The summed E-state index contributed by atoms with van der Waals surface area (Å²) in [6, 6.07) is 11.2. The number of hydrogen-bond donors (Lipinski definition) is 1. The lowest BCUT2D eigenvalue weighted by molar-refractivity contribution is -0.136. The maximum atomic E-state index is 11.1. The minimum absolute atomic E-state index is 0.114. The molecule has 0 aliphatic carbocycles. The van der Waals surface area contributed by atoms with Gasteiger partial charge in [0, 0.05) is 10.4 Å². The molecule has 0 spiro atoms. The van der Waals surface area contributed by atoms with Crippen molar-refractivity contribution >= 4 is 40.2 Å². The Morgan fingerprint density at radius 1 is 1.22 bits per heavy atom. The van der Waals surface area contributed by atoms with Crippen LogP contribution in [0.5, 0.6) is 5.75 Å². The van der Waals surface area contributed by atoms with Gasteiger partial charge in [-0.2, -0.15) is 0 Å². The topological polar surface area (TPSA) is 59.4 Å². The van der Waals surface area contributed by atoms with Crippen molar-refractivity contribution in [3.8, 4) is 26.1 Å². The van der Waals surface area contributed by atoms with E-state index >= 15 is 0 Å². The van der Waals surface area contributed by atoms with Crippen LogP contribution in [0.3, 0.4) is 0 Å². The average Bonchev–Trinajstić information content (AvgIpc) is 3.13. The number of benzene rings is 1. The van der Waals surface area contributed by atoms with Gasteiger partial charge in [-0.25, -0.2) is 4.98 Å². The van der Waals surface area contributed by atoms with Crippen molar-refractivity contribution in [3.63, 3.8) is 0 Å². The molecule has 0 saturated heterocycles. The third kappa shape index (κ3) is 3.55. The van der Waals surface area contributed by atoms with E-state index in [4.69, 9.17) is 21.4 Å². The molecule has 1 N–H and O–H groups in total. The molecule has 3 aromatic rings. The fourth-order valence-corrected chi connectivity index (χ4v) is 4.36. The van der Waals surface area contributed by atoms with E-state index in [0.29, 0.717) is 10.0 Å². The number of nitrogens with zero attached hydrogens (tertiary/aromatic N) is 1. The molecule has 0 aliphatic heterocycles. The first-order valence-corrected chi connectivity index (χ1v) is 8.69. The van der Waals surface area contributed by atoms with Gasteiger partial charge in [-0.15, -0.1) is 22.7 Å². The van der Waals surface area contributed by atoms with Crippen molar-refractivity contribution in [2.45, 2.75) is 6.42 Å². The molecule has 2 heterocycles. The van der Waals surface area contributed by atoms with Crippen LogP contribution in [-0.2, 0) is 11.2 Å². The number of aromatic nitrogens is 1. The van der Waals surface area contributed by atoms with Crippen LogP contribution in [0.4, 0.5) is 0 Å². The molecule has 23 heavy (non-hydrogen) atoms. The van der Waals surface area contributed by atoms with Gasteiger partial charge in [-0.1, -0.05) is 11.6 Å². The van der Waals surface area contributed by atoms with E-state index in [1.165, 1.54) is 22.7 Å². The van der Waals surface area contributed by atoms with Crippen molar-refractivity contribution in [1.29, 1.82) is 0 Å². The molecule has 0 atom stereocenters. The molecule has 0 fully saturated rings. The molecule has 0 bridgehead atoms. The van der Waals surface area contributed by atoms with Crippen LogP contribution >= 0.6 is 34.3 Å². The van der Waals surface area contributed by atoms with Crippen molar-refractivity contribution in [3.05, 3.63) is 46.4 Å². The lowest BCUT2D eigenvalue weighted by Crippen LogP contribution is -2.01. The Labute approximate surface area is 146 Å². The highest BCUT2D eigenvalue weighted by Crippen LogP contribution is 2.40. The van der Waals surface area contributed by atoms with Crippen LogP contribution in [0.2, 0.25) is 4.34 Å². The van der Waals surface area contributed by atoms with E-state index < -0.39 is 5.97 Å². The average molecular weight is 366 g/mol. The molecule has 3 rings (SSSR count). The number of carboxylic acids is 1. The Bertz CT molecular complexity index is 839. The molecule has 0 amide bonds. The second-order valence-corrected chi connectivity index (χ2v) is 7.41. The van der Waals surface area contributed by atoms with Gasteiger partial charge in [-0.05, 0) is 36.4 Å². The Morgan fingerprint density at radius 2 is 1.96 bits per heavy atom. The summed E-state index contributed by atoms with van der Waals surface area (Å²) < 4.78 is 5.82. The number of ether oxygens (including phenoxy) is 1. The molecular weight excluding hydrogens is 354 g/mol. The van der Waals surface area contributed by atoms with Crippen LogP contribution in [0.15, 0.2) is 36.4 Å². The summed E-state index contributed by atoms with van der Waals surface area (Å²) in [5, 5.41) is 9.90. The Hall–Kier alpha value is -1.89. The molecule has 1 aromatic carbocycles. The lowest BCUT2D eigenvalue weighted by atomic mass is 10.2. The highest BCUT2D eigenvalue weighted by Gasteiger charge is 2.18. The predicted molar refractivity (Wildman–Crippen MR) is 93.8 cm³/mol. The quantitative estimate of drug-likeness (QED) is 0.703. The SMILES string of the molecule is COc1ccc(-c2nc(CC(=O)O)c(-c3ccc(Cl)s3)s2)cc1. The van der Waals surface area contributed by atoms with E-state index in [1.54, 1.807) is 13.2 Å². The number of rotatable bonds is 5. The number of carbonyl (C=O) groups is 1. The Balaban J connectivity index is 2.04. The molecule has 0 radical (unpaired) electrons. The van der Waals surface area contributed by atoms with Gasteiger partial charge in [0.15, 0.2) is 0 Å².